The normalized spacial score (nSPS) is 10.1. The Hall–Kier alpha value is -2.10. The molecule has 4 heteroatoms. The molecule has 2 rings (SSSR count). The van der Waals surface area contributed by atoms with E-state index in [-0.39, 0.29) is 5.91 Å². The number of aromatic nitrogens is 2. The van der Waals surface area contributed by atoms with Crippen LogP contribution in [0.1, 0.15) is 11.1 Å². The fourth-order valence-electron chi connectivity index (χ4n) is 1.53. The van der Waals surface area contributed by atoms with Gasteiger partial charge >= 0.3 is 0 Å². The molecule has 82 valence electrons. The lowest BCUT2D eigenvalue weighted by Crippen LogP contribution is -2.13. The van der Waals surface area contributed by atoms with Gasteiger partial charge in [-0.3, -0.25) is 9.89 Å². The minimum Gasteiger partial charge on any atom is -0.323 e. The summed E-state index contributed by atoms with van der Waals surface area (Å²) >= 11 is 0. The first-order valence-electron chi connectivity index (χ1n) is 5.08. The van der Waals surface area contributed by atoms with E-state index in [4.69, 9.17) is 0 Å². The standard InChI is InChI=1S/C12H13N3O/c1-9-3-2-4-10(5-9)6-12(16)15-11-7-13-14-8-11/h2-5,7-8H,6H2,1H3,(H,13,14)(H,15,16). The summed E-state index contributed by atoms with van der Waals surface area (Å²) in [6.07, 6.45) is 3.61. The Morgan fingerprint density at radius 2 is 2.38 bits per heavy atom. The zero-order valence-electron chi connectivity index (χ0n) is 9.03. The largest absolute Gasteiger partial charge is 0.323 e. The van der Waals surface area contributed by atoms with E-state index in [1.54, 1.807) is 12.4 Å². The quantitative estimate of drug-likeness (QED) is 0.821. The van der Waals surface area contributed by atoms with E-state index in [1.165, 1.54) is 0 Å². The van der Waals surface area contributed by atoms with Gasteiger partial charge in [0.15, 0.2) is 0 Å². The van der Waals surface area contributed by atoms with Crippen molar-refractivity contribution in [2.45, 2.75) is 13.3 Å². The minimum atomic E-state index is -0.0352. The van der Waals surface area contributed by atoms with Crippen molar-refractivity contribution in [2.24, 2.45) is 0 Å². The van der Waals surface area contributed by atoms with Crippen LogP contribution in [0.15, 0.2) is 36.7 Å². The van der Waals surface area contributed by atoms with Crippen molar-refractivity contribution in [3.8, 4) is 0 Å². The van der Waals surface area contributed by atoms with Crippen LogP contribution in [0.4, 0.5) is 5.69 Å². The number of aryl methyl sites for hydroxylation is 1. The van der Waals surface area contributed by atoms with Gasteiger partial charge in [-0.15, -0.1) is 0 Å². The van der Waals surface area contributed by atoms with Gasteiger partial charge < -0.3 is 5.32 Å². The topological polar surface area (TPSA) is 57.8 Å². The van der Waals surface area contributed by atoms with Crippen molar-refractivity contribution in [2.75, 3.05) is 5.32 Å². The number of rotatable bonds is 3. The number of hydrogen-bond acceptors (Lipinski definition) is 2. The minimum absolute atomic E-state index is 0.0352. The van der Waals surface area contributed by atoms with Crippen molar-refractivity contribution in [1.82, 2.24) is 10.2 Å². The molecule has 0 aliphatic rings. The van der Waals surface area contributed by atoms with Gasteiger partial charge in [0.05, 0.1) is 18.3 Å². The number of anilines is 1. The lowest BCUT2D eigenvalue weighted by Gasteiger charge is -2.03. The van der Waals surface area contributed by atoms with Gasteiger partial charge in [-0.2, -0.15) is 5.10 Å². The summed E-state index contributed by atoms with van der Waals surface area (Å²) in [5, 5.41) is 9.16. The van der Waals surface area contributed by atoms with Crippen LogP contribution in [0.25, 0.3) is 0 Å². The number of amides is 1. The molecule has 2 aromatic rings. The molecule has 2 N–H and O–H groups in total. The van der Waals surface area contributed by atoms with Gasteiger partial charge in [-0.25, -0.2) is 0 Å². The van der Waals surface area contributed by atoms with E-state index < -0.39 is 0 Å². The lowest BCUT2D eigenvalue weighted by atomic mass is 10.1. The molecule has 0 saturated carbocycles. The van der Waals surface area contributed by atoms with Crippen LogP contribution in [0.3, 0.4) is 0 Å². The predicted octanol–water partition coefficient (Wildman–Crippen LogP) is 1.90. The third-order valence-corrected chi connectivity index (χ3v) is 2.23. The van der Waals surface area contributed by atoms with Gasteiger partial charge in [0.2, 0.25) is 5.91 Å². The molecule has 1 aromatic heterocycles. The zero-order chi connectivity index (χ0) is 11.4. The Kier molecular flexibility index (Phi) is 3.00. The monoisotopic (exact) mass is 215 g/mol. The molecule has 0 spiro atoms. The summed E-state index contributed by atoms with van der Waals surface area (Å²) in [7, 11) is 0. The van der Waals surface area contributed by atoms with Crippen molar-refractivity contribution < 1.29 is 4.79 Å². The Labute approximate surface area is 93.7 Å². The van der Waals surface area contributed by atoms with Crippen LogP contribution in [0.5, 0.6) is 0 Å². The van der Waals surface area contributed by atoms with Crippen LogP contribution in [-0.2, 0) is 11.2 Å². The first kappa shape index (κ1) is 10.4. The Morgan fingerprint density at radius 1 is 1.50 bits per heavy atom. The molecule has 4 nitrogen and oxygen atoms in total. The first-order valence-corrected chi connectivity index (χ1v) is 5.08. The maximum Gasteiger partial charge on any atom is 0.228 e. The first-order chi connectivity index (χ1) is 7.74. The summed E-state index contributed by atoms with van der Waals surface area (Å²) in [5.41, 5.74) is 2.87. The van der Waals surface area contributed by atoms with Crippen molar-refractivity contribution in [1.29, 1.82) is 0 Å². The summed E-state index contributed by atoms with van der Waals surface area (Å²) < 4.78 is 0. The average molecular weight is 215 g/mol. The van der Waals surface area contributed by atoms with Crippen molar-refractivity contribution in [3.63, 3.8) is 0 Å². The second-order valence-corrected chi connectivity index (χ2v) is 3.70. The third-order valence-electron chi connectivity index (χ3n) is 2.23. The number of nitrogens with one attached hydrogen (secondary N) is 2. The molecule has 0 unspecified atom stereocenters. The molecule has 1 aromatic carbocycles. The molecule has 1 amide bonds. The lowest BCUT2D eigenvalue weighted by molar-refractivity contribution is -0.115. The molecule has 0 radical (unpaired) electrons. The van der Waals surface area contributed by atoms with E-state index in [1.807, 2.05) is 31.2 Å². The van der Waals surface area contributed by atoms with E-state index in [0.717, 1.165) is 11.1 Å². The summed E-state index contributed by atoms with van der Waals surface area (Å²) in [5.74, 6) is -0.0352. The van der Waals surface area contributed by atoms with E-state index in [0.29, 0.717) is 12.1 Å². The molecule has 0 atom stereocenters. The zero-order valence-corrected chi connectivity index (χ0v) is 9.03. The summed E-state index contributed by atoms with van der Waals surface area (Å²) in [4.78, 5) is 11.6. The van der Waals surface area contributed by atoms with E-state index in [2.05, 4.69) is 15.5 Å². The fourth-order valence-corrected chi connectivity index (χ4v) is 1.53. The number of H-pyrrole nitrogens is 1. The highest BCUT2D eigenvalue weighted by Gasteiger charge is 2.04. The van der Waals surface area contributed by atoms with Crippen LogP contribution in [0, 0.1) is 6.92 Å². The summed E-state index contributed by atoms with van der Waals surface area (Å²) in [6.45, 7) is 2.01. The Morgan fingerprint density at radius 3 is 3.06 bits per heavy atom. The molecule has 16 heavy (non-hydrogen) atoms. The second kappa shape index (κ2) is 4.61. The van der Waals surface area contributed by atoms with Gasteiger partial charge in [0, 0.05) is 6.20 Å². The Bertz CT molecular complexity index is 477. The van der Waals surface area contributed by atoms with Gasteiger partial charge in [-0.05, 0) is 12.5 Å². The third kappa shape index (κ3) is 2.70. The number of carbonyl (C=O) groups excluding carboxylic acids is 1. The van der Waals surface area contributed by atoms with Crippen molar-refractivity contribution in [3.05, 3.63) is 47.8 Å². The average Bonchev–Trinajstić information content (AvgIpc) is 2.70. The van der Waals surface area contributed by atoms with Crippen LogP contribution < -0.4 is 5.32 Å². The highest BCUT2D eigenvalue weighted by Crippen LogP contribution is 2.07. The number of nitrogens with zero attached hydrogens (tertiary/aromatic N) is 1. The number of carbonyl (C=O) groups is 1. The van der Waals surface area contributed by atoms with Crippen molar-refractivity contribution >= 4 is 11.6 Å². The summed E-state index contributed by atoms with van der Waals surface area (Å²) in [6, 6.07) is 7.92. The smallest absolute Gasteiger partial charge is 0.228 e. The van der Waals surface area contributed by atoms with Crippen LogP contribution in [-0.4, -0.2) is 16.1 Å². The van der Waals surface area contributed by atoms with Gasteiger partial charge in [-0.1, -0.05) is 29.8 Å². The number of benzene rings is 1. The molecular weight excluding hydrogens is 202 g/mol. The predicted molar refractivity (Wildman–Crippen MR) is 62.1 cm³/mol. The molecule has 0 bridgehead atoms. The van der Waals surface area contributed by atoms with E-state index in [9.17, 15) is 4.79 Å². The molecular formula is C12H13N3O. The number of hydrogen-bond donors (Lipinski definition) is 2. The van der Waals surface area contributed by atoms with Crippen LogP contribution >= 0.6 is 0 Å². The molecule has 0 aliphatic carbocycles. The fraction of sp³-hybridized carbons (Fsp3) is 0.167. The molecule has 0 fully saturated rings. The molecule has 0 aliphatic heterocycles. The highest BCUT2D eigenvalue weighted by atomic mass is 16.1. The van der Waals surface area contributed by atoms with Gasteiger partial charge in [0.1, 0.15) is 0 Å². The number of aromatic amines is 1. The highest BCUT2D eigenvalue weighted by molar-refractivity contribution is 5.91. The maximum atomic E-state index is 11.6. The van der Waals surface area contributed by atoms with Crippen LogP contribution in [0.2, 0.25) is 0 Å². The molecule has 0 saturated heterocycles. The maximum absolute atomic E-state index is 11.6. The SMILES string of the molecule is Cc1cccc(CC(=O)Nc2cn[nH]c2)c1. The van der Waals surface area contributed by atoms with Gasteiger partial charge in [0.25, 0.3) is 0 Å². The van der Waals surface area contributed by atoms with E-state index >= 15 is 0 Å². The Balaban J connectivity index is 1.97. The molecule has 1 heterocycles. The second-order valence-electron chi connectivity index (χ2n) is 3.70.